The first-order valence-corrected chi connectivity index (χ1v) is 6.59. The second-order valence-electron chi connectivity index (χ2n) is 4.76. The molecule has 0 saturated heterocycles. The van der Waals surface area contributed by atoms with E-state index in [0.29, 0.717) is 5.56 Å². The monoisotopic (exact) mass is 283 g/mol. The van der Waals surface area contributed by atoms with Gasteiger partial charge in [-0.3, -0.25) is 4.79 Å². The van der Waals surface area contributed by atoms with Gasteiger partial charge in [0.05, 0.1) is 18.2 Å². The lowest BCUT2D eigenvalue weighted by molar-refractivity contribution is 0.0597. The zero-order valence-electron chi connectivity index (χ0n) is 12.3. The summed E-state index contributed by atoms with van der Waals surface area (Å²) in [5.74, 6) is -0.851. The summed E-state index contributed by atoms with van der Waals surface area (Å²) in [5, 5.41) is 2.87. The molecule has 21 heavy (non-hydrogen) atoms. The fourth-order valence-electron chi connectivity index (χ4n) is 2.16. The van der Waals surface area contributed by atoms with Gasteiger partial charge in [0.2, 0.25) is 0 Å². The molecule has 0 bridgehead atoms. The average Bonchev–Trinajstić information content (AvgIpc) is 2.50. The standard InChI is InChI=1S/C17H17NO3/c1-11-7-6-8-12(2)15(11)18-16(19)13-9-4-5-10-14(13)17(20)21-3/h4-10H,1-3H3,(H,18,19). The summed E-state index contributed by atoms with van der Waals surface area (Å²) < 4.78 is 4.71. The third-order valence-corrected chi connectivity index (χ3v) is 3.30. The number of esters is 1. The second kappa shape index (κ2) is 6.22. The number of ether oxygens (including phenoxy) is 1. The van der Waals surface area contributed by atoms with Crippen molar-refractivity contribution in [2.24, 2.45) is 0 Å². The number of anilines is 1. The van der Waals surface area contributed by atoms with Gasteiger partial charge in [0.1, 0.15) is 0 Å². The summed E-state index contributed by atoms with van der Waals surface area (Å²) in [4.78, 5) is 24.2. The van der Waals surface area contributed by atoms with Crippen molar-refractivity contribution in [1.82, 2.24) is 0 Å². The van der Waals surface area contributed by atoms with Gasteiger partial charge in [-0.2, -0.15) is 0 Å². The Balaban J connectivity index is 2.36. The Labute approximate surface area is 123 Å². The number of carbonyl (C=O) groups is 2. The van der Waals surface area contributed by atoms with Crippen LogP contribution in [0.4, 0.5) is 5.69 Å². The predicted molar refractivity (Wildman–Crippen MR) is 81.7 cm³/mol. The number of nitrogens with one attached hydrogen (secondary N) is 1. The van der Waals surface area contributed by atoms with E-state index in [1.54, 1.807) is 24.3 Å². The Hall–Kier alpha value is -2.62. The van der Waals surface area contributed by atoms with Gasteiger partial charge in [0, 0.05) is 5.69 Å². The molecule has 2 rings (SSSR count). The number of benzene rings is 2. The van der Waals surface area contributed by atoms with Crippen molar-refractivity contribution < 1.29 is 14.3 Å². The Kier molecular flexibility index (Phi) is 4.38. The molecule has 0 heterocycles. The Morgan fingerprint density at radius 1 is 0.905 bits per heavy atom. The third kappa shape index (κ3) is 3.11. The molecule has 0 radical (unpaired) electrons. The van der Waals surface area contributed by atoms with Crippen LogP contribution in [0.3, 0.4) is 0 Å². The maximum Gasteiger partial charge on any atom is 0.338 e. The van der Waals surface area contributed by atoms with Gasteiger partial charge < -0.3 is 10.1 Å². The van der Waals surface area contributed by atoms with Gasteiger partial charge in [0.25, 0.3) is 5.91 Å². The number of amides is 1. The van der Waals surface area contributed by atoms with E-state index in [0.717, 1.165) is 16.8 Å². The fraction of sp³-hybridized carbons (Fsp3) is 0.176. The number of para-hydroxylation sites is 1. The highest BCUT2D eigenvalue weighted by Crippen LogP contribution is 2.21. The lowest BCUT2D eigenvalue weighted by atomic mass is 10.1. The number of rotatable bonds is 3. The highest BCUT2D eigenvalue weighted by atomic mass is 16.5. The van der Waals surface area contributed by atoms with Crippen LogP contribution in [0.5, 0.6) is 0 Å². The number of hydrogen-bond acceptors (Lipinski definition) is 3. The highest BCUT2D eigenvalue weighted by Gasteiger charge is 2.18. The largest absolute Gasteiger partial charge is 0.465 e. The molecule has 0 atom stereocenters. The van der Waals surface area contributed by atoms with Crippen molar-refractivity contribution in [2.75, 3.05) is 12.4 Å². The van der Waals surface area contributed by atoms with Crippen LogP contribution >= 0.6 is 0 Å². The maximum atomic E-state index is 12.4. The summed E-state index contributed by atoms with van der Waals surface area (Å²) in [7, 11) is 1.29. The van der Waals surface area contributed by atoms with E-state index in [9.17, 15) is 9.59 Å². The third-order valence-electron chi connectivity index (χ3n) is 3.30. The van der Waals surface area contributed by atoms with Crippen molar-refractivity contribution >= 4 is 17.6 Å². The number of hydrogen-bond donors (Lipinski definition) is 1. The summed E-state index contributed by atoms with van der Waals surface area (Å²) in [5.41, 5.74) is 3.26. The van der Waals surface area contributed by atoms with Crippen molar-refractivity contribution in [3.63, 3.8) is 0 Å². The van der Waals surface area contributed by atoms with E-state index < -0.39 is 5.97 Å². The molecule has 0 saturated carbocycles. The lowest BCUT2D eigenvalue weighted by Gasteiger charge is -2.13. The van der Waals surface area contributed by atoms with Crippen LogP contribution in [0, 0.1) is 13.8 Å². The molecular weight excluding hydrogens is 266 g/mol. The van der Waals surface area contributed by atoms with Crippen LogP contribution in [0.2, 0.25) is 0 Å². The molecule has 4 nitrogen and oxygen atoms in total. The van der Waals surface area contributed by atoms with Gasteiger partial charge in [-0.05, 0) is 37.1 Å². The molecule has 0 aliphatic heterocycles. The van der Waals surface area contributed by atoms with E-state index in [-0.39, 0.29) is 11.5 Å². The summed E-state index contributed by atoms with van der Waals surface area (Å²) >= 11 is 0. The van der Waals surface area contributed by atoms with Crippen molar-refractivity contribution in [1.29, 1.82) is 0 Å². The average molecular weight is 283 g/mol. The normalized spacial score (nSPS) is 10.0. The summed E-state index contributed by atoms with van der Waals surface area (Å²) in [6, 6.07) is 12.4. The minimum Gasteiger partial charge on any atom is -0.465 e. The second-order valence-corrected chi connectivity index (χ2v) is 4.76. The zero-order chi connectivity index (χ0) is 15.4. The van der Waals surface area contributed by atoms with Gasteiger partial charge in [0.15, 0.2) is 0 Å². The number of aryl methyl sites for hydroxylation is 2. The van der Waals surface area contributed by atoms with E-state index in [2.05, 4.69) is 5.32 Å². The van der Waals surface area contributed by atoms with Crippen LogP contribution < -0.4 is 5.32 Å². The number of carbonyl (C=O) groups excluding carboxylic acids is 2. The zero-order valence-corrected chi connectivity index (χ0v) is 12.3. The van der Waals surface area contributed by atoms with Gasteiger partial charge in [-0.25, -0.2) is 4.79 Å². The molecule has 0 aromatic heterocycles. The first kappa shape index (κ1) is 14.8. The molecular formula is C17H17NO3. The molecule has 1 N–H and O–H groups in total. The molecule has 0 aliphatic rings. The van der Waals surface area contributed by atoms with E-state index in [4.69, 9.17) is 4.74 Å². The van der Waals surface area contributed by atoms with Crippen molar-refractivity contribution in [2.45, 2.75) is 13.8 Å². The lowest BCUT2D eigenvalue weighted by Crippen LogP contribution is -2.18. The van der Waals surface area contributed by atoms with E-state index >= 15 is 0 Å². The van der Waals surface area contributed by atoms with Crippen LogP contribution in [-0.4, -0.2) is 19.0 Å². The minimum atomic E-state index is -0.526. The van der Waals surface area contributed by atoms with Crippen LogP contribution in [0.15, 0.2) is 42.5 Å². The van der Waals surface area contributed by atoms with Gasteiger partial charge in [-0.1, -0.05) is 30.3 Å². The maximum absolute atomic E-state index is 12.4. The smallest absolute Gasteiger partial charge is 0.338 e. The van der Waals surface area contributed by atoms with E-state index in [1.807, 2.05) is 32.0 Å². The Morgan fingerprint density at radius 3 is 2.05 bits per heavy atom. The van der Waals surface area contributed by atoms with Crippen molar-refractivity contribution in [3.05, 3.63) is 64.7 Å². The molecule has 0 fully saturated rings. The quantitative estimate of drug-likeness (QED) is 0.879. The molecule has 2 aromatic rings. The minimum absolute atomic E-state index is 0.253. The Morgan fingerprint density at radius 2 is 1.48 bits per heavy atom. The Bertz CT molecular complexity index is 672. The predicted octanol–water partition coefficient (Wildman–Crippen LogP) is 3.34. The molecule has 0 aliphatic carbocycles. The van der Waals surface area contributed by atoms with Crippen LogP contribution in [0.25, 0.3) is 0 Å². The topological polar surface area (TPSA) is 55.4 Å². The summed E-state index contributed by atoms with van der Waals surface area (Å²) in [6.45, 7) is 3.85. The number of methoxy groups -OCH3 is 1. The van der Waals surface area contributed by atoms with Gasteiger partial charge >= 0.3 is 5.97 Å². The molecule has 4 heteroatoms. The first-order valence-electron chi connectivity index (χ1n) is 6.59. The van der Waals surface area contributed by atoms with Crippen LogP contribution in [0.1, 0.15) is 31.8 Å². The van der Waals surface area contributed by atoms with Gasteiger partial charge in [-0.15, -0.1) is 0 Å². The fourth-order valence-corrected chi connectivity index (χ4v) is 2.16. The van der Waals surface area contributed by atoms with E-state index in [1.165, 1.54) is 7.11 Å². The van der Waals surface area contributed by atoms with Crippen LogP contribution in [-0.2, 0) is 4.74 Å². The molecule has 0 unspecified atom stereocenters. The SMILES string of the molecule is COC(=O)c1ccccc1C(=O)Nc1c(C)cccc1C. The molecule has 0 spiro atoms. The summed E-state index contributed by atoms with van der Waals surface area (Å²) in [6.07, 6.45) is 0. The molecule has 1 amide bonds. The first-order chi connectivity index (χ1) is 10.0. The highest BCUT2D eigenvalue weighted by molar-refractivity contribution is 6.11. The molecule has 2 aromatic carbocycles. The molecule has 108 valence electrons. The van der Waals surface area contributed by atoms with Crippen molar-refractivity contribution in [3.8, 4) is 0 Å².